The van der Waals surface area contributed by atoms with Crippen molar-refractivity contribution in [3.8, 4) is 0 Å². The molecule has 7 heteroatoms. The molecule has 5 nitrogen and oxygen atoms in total. The molecule has 37 heavy (non-hydrogen) atoms. The molecule has 0 aliphatic heterocycles. The molecule has 0 saturated carbocycles. The predicted molar refractivity (Wildman–Crippen MR) is 146 cm³/mol. The first-order chi connectivity index (χ1) is 17.9. The van der Waals surface area contributed by atoms with Crippen molar-refractivity contribution in [2.75, 3.05) is 12.3 Å². The minimum absolute atomic E-state index is 0.104. The van der Waals surface area contributed by atoms with Crippen LogP contribution in [0.3, 0.4) is 0 Å². The molecule has 0 aliphatic carbocycles. The highest BCUT2D eigenvalue weighted by Crippen LogP contribution is 2.27. The number of aryl methyl sites for hydroxylation is 1. The predicted octanol–water partition coefficient (Wildman–Crippen LogP) is 5.25. The summed E-state index contributed by atoms with van der Waals surface area (Å²) in [5, 5.41) is 3.51. The van der Waals surface area contributed by atoms with Crippen LogP contribution in [0.5, 0.6) is 0 Å². The Morgan fingerprint density at radius 2 is 1.57 bits per heavy atom. The van der Waals surface area contributed by atoms with Crippen molar-refractivity contribution in [2.24, 2.45) is 7.05 Å². The Kier molecular flexibility index (Phi) is 8.90. The highest BCUT2D eigenvalue weighted by molar-refractivity contribution is 7.99. The maximum absolute atomic E-state index is 13.2. The Balaban J connectivity index is 1.35. The van der Waals surface area contributed by atoms with Gasteiger partial charge in [-0.05, 0) is 42.2 Å². The summed E-state index contributed by atoms with van der Waals surface area (Å²) in [5.41, 5.74) is 4.29. The summed E-state index contributed by atoms with van der Waals surface area (Å²) in [4.78, 5) is 30.2. The summed E-state index contributed by atoms with van der Waals surface area (Å²) in [6, 6.07) is 26.7. The lowest BCUT2D eigenvalue weighted by Crippen LogP contribution is -2.29. The Morgan fingerprint density at radius 3 is 2.16 bits per heavy atom. The van der Waals surface area contributed by atoms with Gasteiger partial charge in [-0.15, -0.1) is 0 Å². The molecule has 0 fully saturated rings. The summed E-state index contributed by atoms with van der Waals surface area (Å²) in [7, 11) is 1.66. The molecule has 4 rings (SSSR count). The van der Waals surface area contributed by atoms with E-state index in [1.165, 1.54) is 39.6 Å². The van der Waals surface area contributed by atoms with E-state index in [2.05, 4.69) is 34.6 Å². The van der Waals surface area contributed by atoms with Gasteiger partial charge in [0.1, 0.15) is 5.82 Å². The van der Waals surface area contributed by atoms with Gasteiger partial charge < -0.3 is 5.32 Å². The molecule has 1 heterocycles. The third-order valence-electron chi connectivity index (χ3n) is 6.34. The molecule has 3 aromatic carbocycles. The zero-order valence-electron chi connectivity index (χ0n) is 21.0. The van der Waals surface area contributed by atoms with Crippen LogP contribution in [0.15, 0.2) is 94.9 Å². The highest BCUT2D eigenvalue weighted by atomic mass is 32.2. The van der Waals surface area contributed by atoms with Crippen LogP contribution >= 0.6 is 11.8 Å². The second-order valence-electron chi connectivity index (χ2n) is 8.93. The van der Waals surface area contributed by atoms with Crippen LogP contribution in [0, 0.1) is 12.7 Å². The van der Waals surface area contributed by atoms with Gasteiger partial charge in [-0.3, -0.25) is 14.2 Å². The summed E-state index contributed by atoms with van der Waals surface area (Å²) < 4.78 is 14.7. The number of hydrogen-bond donors (Lipinski definition) is 1. The van der Waals surface area contributed by atoms with Crippen LogP contribution in [-0.2, 0) is 18.3 Å². The molecule has 0 radical (unpaired) electrons. The number of benzene rings is 3. The standard InChI is InChI=1S/C30H30FN3O2S/c1-21-27(19-22-13-15-25(31)16-14-22)29(36)34(2)30(33-21)37-20-28(35)32-18-17-26(23-9-5-3-6-10-23)24-11-7-4-8-12-24/h3-16,26H,17-20H2,1-2H3,(H,32,35). The van der Waals surface area contributed by atoms with Crippen LogP contribution in [0.1, 0.15) is 40.3 Å². The molecule has 0 unspecified atom stereocenters. The number of amides is 1. The molecule has 1 N–H and O–H groups in total. The van der Waals surface area contributed by atoms with E-state index >= 15 is 0 Å². The Hall–Kier alpha value is -3.71. The third-order valence-corrected chi connectivity index (χ3v) is 7.37. The van der Waals surface area contributed by atoms with Gasteiger partial charge in [-0.25, -0.2) is 9.37 Å². The fourth-order valence-corrected chi connectivity index (χ4v) is 5.14. The van der Waals surface area contributed by atoms with Crippen molar-refractivity contribution in [1.82, 2.24) is 14.9 Å². The number of thioether (sulfide) groups is 1. The number of rotatable bonds is 10. The van der Waals surface area contributed by atoms with Gasteiger partial charge in [-0.2, -0.15) is 0 Å². The van der Waals surface area contributed by atoms with Crippen molar-refractivity contribution in [1.29, 1.82) is 0 Å². The van der Waals surface area contributed by atoms with Crippen LogP contribution < -0.4 is 10.9 Å². The molecule has 0 spiro atoms. The Morgan fingerprint density at radius 1 is 0.973 bits per heavy atom. The fraction of sp³-hybridized carbons (Fsp3) is 0.233. The minimum Gasteiger partial charge on any atom is -0.355 e. The van der Waals surface area contributed by atoms with Crippen molar-refractivity contribution < 1.29 is 9.18 Å². The Bertz CT molecular complexity index is 1350. The molecule has 1 amide bonds. The first-order valence-electron chi connectivity index (χ1n) is 12.2. The summed E-state index contributed by atoms with van der Waals surface area (Å²) >= 11 is 1.24. The second-order valence-corrected chi connectivity index (χ2v) is 9.87. The number of aromatic nitrogens is 2. The summed E-state index contributed by atoms with van der Waals surface area (Å²) in [6.07, 6.45) is 1.15. The fourth-order valence-electron chi connectivity index (χ4n) is 4.30. The van der Waals surface area contributed by atoms with Gasteiger partial charge in [0.15, 0.2) is 5.16 Å². The molecular weight excluding hydrogens is 485 g/mol. The lowest BCUT2D eigenvalue weighted by Gasteiger charge is -2.18. The monoisotopic (exact) mass is 515 g/mol. The second kappa shape index (κ2) is 12.5. The van der Waals surface area contributed by atoms with E-state index in [1.54, 1.807) is 26.1 Å². The summed E-state index contributed by atoms with van der Waals surface area (Å²) in [5.74, 6) is -0.0632. The highest BCUT2D eigenvalue weighted by Gasteiger charge is 2.16. The normalized spacial score (nSPS) is 11.0. The van der Waals surface area contributed by atoms with Crippen LogP contribution in [0.4, 0.5) is 4.39 Å². The van der Waals surface area contributed by atoms with Gasteiger partial charge in [0.25, 0.3) is 5.56 Å². The number of halogens is 1. The van der Waals surface area contributed by atoms with Crippen LogP contribution in [0.2, 0.25) is 0 Å². The summed E-state index contributed by atoms with van der Waals surface area (Å²) in [6.45, 7) is 2.33. The van der Waals surface area contributed by atoms with Crippen LogP contribution in [0.25, 0.3) is 0 Å². The van der Waals surface area contributed by atoms with Crippen molar-refractivity contribution in [3.63, 3.8) is 0 Å². The number of carbonyl (C=O) groups excluding carboxylic acids is 1. The van der Waals surface area contributed by atoms with E-state index in [0.29, 0.717) is 29.4 Å². The van der Waals surface area contributed by atoms with Gasteiger partial charge in [-0.1, -0.05) is 84.6 Å². The van der Waals surface area contributed by atoms with Crippen molar-refractivity contribution in [2.45, 2.75) is 30.8 Å². The number of nitrogens with zero attached hydrogens (tertiary/aromatic N) is 2. The third kappa shape index (κ3) is 6.95. The molecule has 190 valence electrons. The molecule has 0 saturated heterocycles. The smallest absolute Gasteiger partial charge is 0.257 e. The topological polar surface area (TPSA) is 64.0 Å². The first kappa shape index (κ1) is 26.4. The first-order valence-corrected chi connectivity index (χ1v) is 13.2. The maximum Gasteiger partial charge on any atom is 0.257 e. The molecule has 0 aliphatic rings. The zero-order chi connectivity index (χ0) is 26.2. The van der Waals surface area contributed by atoms with Crippen LogP contribution in [-0.4, -0.2) is 27.8 Å². The minimum atomic E-state index is -0.313. The van der Waals surface area contributed by atoms with E-state index in [4.69, 9.17) is 0 Å². The molecule has 0 bridgehead atoms. The average Bonchev–Trinajstić information content (AvgIpc) is 2.92. The van der Waals surface area contributed by atoms with Gasteiger partial charge >= 0.3 is 0 Å². The number of carbonyl (C=O) groups is 1. The molecule has 4 aromatic rings. The van der Waals surface area contributed by atoms with E-state index in [1.807, 2.05) is 36.4 Å². The largest absolute Gasteiger partial charge is 0.355 e. The van der Waals surface area contributed by atoms with E-state index in [-0.39, 0.29) is 29.0 Å². The van der Waals surface area contributed by atoms with E-state index in [0.717, 1.165) is 12.0 Å². The van der Waals surface area contributed by atoms with Gasteiger partial charge in [0.2, 0.25) is 5.91 Å². The molecular formula is C30H30FN3O2S. The van der Waals surface area contributed by atoms with E-state index < -0.39 is 0 Å². The van der Waals surface area contributed by atoms with E-state index in [9.17, 15) is 14.0 Å². The van der Waals surface area contributed by atoms with Crippen molar-refractivity contribution in [3.05, 3.63) is 129 Å². The Labute approximate surface area is 220 Å². The zero-order valence-corrected chi connectivity index (χ0v) is 21.8. The molecule has 1 aromatic heterocycles. The lowest BCUT2D eigenvalue weighted by atomic mass is 9.88. The average molecular weight is 516 g/mol. The maximum atomic E-state index is 13.2. The number of nitrogens with one attached hydrogen (secondary N) is 1. The van der Waals surface area contributed by atoms with Gasteiger partial charge in [0.05, 0.1) is 5.75 Å². The van der Waals surface area contributed by atoms with Crippen molar-refractivity contribution >= 4 is 17.7 Å². The number of hydrogen-bond acceptors (Lipinski definition) is 4. The van der Waals surface area contributed by atoms with Gasteiger partial charge in [0, 0.05) is 37.2 Å². The SMILES string of the molecule is Cc1nc(SCC(=O)NCCC(c2ccccc2)c2ccccc2)n(C)c(=O)c1Cc1ccc(F)cc1. The lowest BCUT2D eigenvalue weighted by molar-refractivity contribution is -0.118. The molecule has 0 atom stereocenters. The quantitative estimate of drug-likeness (QED) is 0.232.